The molecule has 3 aromatic rings. The van der Waals surface area contributed by atoms with E-state index >= 15 is 0 Å². The van der Waals surface area contributed by atoms with Crippen LogP contribution in [0.2, 0.25) is 0 Å². The molecule has 3 rings (SSSR count). The molecule has 5 nitrogen and oxygen atoms in total. The van der Waals surface area contributed by atoms with Crippen molar-refractivity contribution in [2.45, 2.75) is 6.04 Å². The summed E-state index contributed by atoms with van der Waals surface area (Å²) in [6, 6.07) is 11.7. The summed E-state index contributed by atoms with van der Waals surface area (Å²) < 4.78 is 6.55. The van der Waals surface area contributed by atoms with E-state index < -0.39 is 0 Å². The minimum atomic E-state index is -0.146. The van der Waals surface area contributed by atoms with E-state index in [1.54, 1.807) is 23.7 Å². The van der Waals surface area contributed by atoms with Crippen LogP contribution < -0.4 is 5.32 Å². The molecule has 0 aliphatic rings. The van der Waals surface area contributed by atoms with Crippen molar-refractivity contribution in [3.63, 3.8) is 0 Å². The topological polar surface area (TPSA) is 58.4 Å². The number of rotatable bonds is 6. The third-order valence-corrected chi connectivity index (χ3v) is 4.65. The van der Waals surface area contributed by atoms with Crippen LogP contribution in [-0.2, 0) is 4.79 Å². The van der Waals surface area contributed by atoms with Crippen molar-refractivity contribution in [2.24, 2.45) is 0 Å². The SMILES string of the molecule is CN(C)C(CNC(=O)/C=C/c1nc2ccccc2s1)c1ccco1. The number of furan rings is 1. The summed E-state index contributed by atoms with van der Waals surface area (Å²) >= 11 is 1.57. The first-order chi connectivity index (χ1) is 11.6. The molecular formula is C18H19N3O2S. The van der Waals surface area contributed by atoms with E-state index in [4.69, 9.17) is 4.42 Å². The third kappa shape index (κ3) is 3.90. The quantitative estimate of drug-likeness (QED) is 0.699. The molecule has 2 aromatic heterocycles. The van der Waals surface area contributed by atoms with E-state index in [1.807, 2.05) is 55.4 Å². The molecule has 1 N–H and O–H groups in total. The Balaban J connectivity index is 1.60. The lowest BCUT2D eigenvalue weighted by atomic mass is 10.2. The lowest BCUT2D eigenvalue weighted by Gasteiger charge is -2.22. The average molecular weight is 341 g/mol. The van der Waals surface area contributed by atoms with Gasteiger partial charge in [-0.25, -0.2) is 4.98 Å². The summed E-state index contributed by atoms with van der Waals surface area (Å²) in [4.78, 5) is 18.5. The minimum absolute atomic E-state index is 0.000184. The molecule has 0 radical (unpaired) electrons. The van der Waals surface area contributed by atoms with Gasteiger partial charge in [0.2, 0.25) is 5.91 Å². The molecule has 0 bridgehead atoms. The van der Waals surface area contributed by atoms with Crippen LogP contribution in [0.5, 0.6) is 0 Å². The first-order valence-electron chi connectivity index (χ1n) is 7.65. The molecule has 6 heteroatoms. The number of carbonyl (C=O) groups is 1. The van der Waals surface area contributed by atoms with Gasteiger partial charge in [0, 0.05) is 12.6 Å². The summed E-state index contributed by atoms with van der Waals surface area (Å²) in [6.07, 6.45) is 4.91. The second-order valence-electron chi connectivity index (χ2n) is 5.59. The van der Waals surface area contributed by atoms with E-state index in [0.717, 1.165) is 21.0 Å². The lowest BCUT2D eigenvalue weighted by molar-refractivity contribution is -0.116. The normalized spacial score (nSPS) is 13.0. The molecule has 0 fully saturated rings. The first kappa shape index (κ1) is 16.4. The predicted octanol–water partition coefficient (Wildman–Crippen LogP) is 3.32. The molecule has 2 heterocycles. The highest BCUT2D eigenvalue weighted by Crippen LogP contribution is 2.22. The number of aromatic nitrogens is 1. The Bertz CT molecular complexity index is 804. The lowest BCUT2D eigenvalue weighted by Crippen LogP contribution is -2.33. The Morgan fingerprint density at radius 2 is 2.17 bits per heavy atom. The number of amides is 1. The van der Waals surface area contributed by atoms with Crippen LogP contribution in [0.15, 0.2) is 53.2 Å². The van der Waals surface area contributed by atoms with Crippen molar-refractivity contribution in [1.82, 2.24) is 15.2 Å². The summed E-state index contributed by atoms with van der Waals surface area (Å²) in [6.45, 7) is 0.476. The second-order valence-corrected chi connectivity index (χ2v) is 6.66. The summed E-state index contributed by atoms with van der Waals surface area (Å²) in [5.41, 5.74) is 0.952. The number of likely N-dealkylation sites (N-methyl/N-ethyl adjacent to an activating group) is 1. The molecule has 1 atom stereocenters. The number of nitrogens with one attached hydrogen (secondary N) is 1. The van der Waals surface area contributed by atoms with E-state index in [2.05, 4.69) is 10.3 Å². The molecular weight excluding hydrogens is 322 g/mol. The standard InChI is InChI=1S/C18H19N3O2S/c1-21(2)14(15-7-5-11-23-15)12-19-17(22)9-10-18-20-13-6-3-4-8-16(13)24-18/h3-11,14H,12H2,1-2H3,(H,19,22)/b10-9+. The molecule has 0 spiro atoms. The Morgan fingerprint density at radius 3 is 2.88 bits per heavy atom. The van der Waals surface area contributed by atoms with Gasteiger partial charge in [-0.1, -0.05) is 12.1 Å². The fourth-order valence-electron chi connectivity index (χ4n) is 2.38. The third-order valence-electron chi connectivity index (χ3n) is 3.65. The zero-order valence-electron chi connectivity index (χ0n) is 13.6. The zero-order chi connectivity index (χ0) is 16.9. The molecule has 0 saturated carbocycles. The maximum absolute atomic E-state index is 12.1. The molecule has 0 aliphatic carbocycles. The van der Waals surface area contributed by atoms with Crippen molar-refractivity contribution < 1.29 is 9.21 Å². The van der Waals surface area contributed by atoms with Crippen molar-refractivity contribution in [3.8, 4) is 0 Å². The van der Waals surface area contributed by atoms with Crippen LogP contribution in [0.25, 0.3) is 16.3 Å². The maximum Gasteiger partial charge on any atom is 0.244 e. The number of nitrogens with zero attached hydrogens (tertiary/aromatic N) is 2. The Morgan fingerprint density at radius 1 is 1.33 bits per heavy atom. The summed E-state index contributed by atoms with van der Waals surface area (Å²) in [5.74, 6) is 0.683. The van der Waals surface area contributed by atoms with Gasteiger partial charge in [0.05, 0.1) is 22.5 Å². The monoisotopic (exact) mass is 341 g/mol. The van der Waals surface area contributed by atoms with Crippen LogP contribution in [0.1, 0.15) is 16.8 Å². The van der Waals surface area contributed by atoms with Gasteiger partial charge < -0.3 is 9.73 Å². The minimum Gasteiger partial charge on any atom is -0.468 e. The van der Waals surface area contributed by atoms with Crippen LogP contribution >= 0.6 is 11.3 Å². The highest BCUT2D eigenvalue weighted by molar-refractivity contribution is 7.19. The Kier molecular flexibility index (Phi) is 5.08. The Hall–Kier alpha value is -2.44. The molecule has 1 aromatic carbocycles. The van der Waals surface area contributed by atoms with Gasteiger partial charge in [0.25, 0.3) is 0 Å². The number of carbonyl (C=O) groups excluding carboxylic acids is 1. The van der Waals surface area contributed by atoms with E-state index in [9.17, 15) is 4.79 Å². The van der Waals surface area contributed by atoms with Gasteiger partial charge in [-0.15, -0.1) is 11.3 Å². The average Bonchev–Trinajstić information content (AvgIpc) is 3.22. The van der Waals surface area contributed by atoms with Gasteiger partial charge in [-0.2, -0.15) is 0 Å². The molecule has 1 unspecified atom stereocenters. The van der Waals surface area contributed by atoms with Crippen molar-refractivity contribution >= 4 is 33.5 Å². The number of para-hydroxylation sites is 1. The van der Waals surface area contributed by atoms with Crippen LogP contribution in [0.3, 0.4) is 0 Å². The maximum atomic E-state index is 12.1. The van der Waals surface area contributed by atoms with Gasteiger partial charge in [-0.3, -0.25) is 9.69 Å². The van der Waals surface area contributed by atoms with Crippen LogP contribution in [-0.4, -0.2) is 36.4 Å². The number of hydrogen-bond donors (Lipinski definition) is 1. The van der Waals surface area contributed by atoms with Gasteiger partial charge in [0.15, 0.2) is 0 Å². The number of hydrogen-bond acceptors (Lipinski definition) is 5. The van der Waals surface area contributed by atoms with Gasteiger partial charge in [0.1, 0.15) is 10.8 Å². The first-order valence-corrected chi connectivity index (χ1v) is 8.46. The smallest absolute Gasteiger partial charge is 0.244 e. The Labute approximate surface area is 144 Å². The van der Waals surface area contributed by atoms with Crippen molar-refractivity contribution in [1.29, 1.82) is 0 Å². The van der Waals surface area contributed by atoms with Crippen molar-refractivity contribution in [2.75, 3.05) is 20.6 Å². The van der Waals surface area contributed by atoms with E-state index in [1.165, 1.54) is 6.08 Å². The van der Waals surface area contributed by atoms with Crippen molar-refractivity contribution in [3.05, 3.63) is 59.5 Å². The fraction of sp³-hybridized carbons (Fsp3) is 0.222. The number of thiazole rings is 1. The summed E-state index contributed by atoms with van der Waals surface area (Å²) in [5, 5.41) is 3.73. The largest absolute Gasteiger partial charge is 0.468 e. The number of fused-ring (bicyclic) bond motifs is 1. The van der Waals surface area contributed by atoms with Crippen LogP contribution in [0, 0.1) is 0 Å². The molecule has 124 valence electrons. The molecule has 0 aliphatic heterocycles. The zero-order valence-corrected chi connectivity index (χ0v) is 14.4. The van der Waals surface area contributed by atoms with E-state index in [-0.39, 0.29) is 11.9 Å². The highest BCUT2D eigenvalue weighted by atomic mass is 32.1. The van der Waals surface area contributed by atoms with Gasteiger partial charge >= 0.3 is 0 Å². The fourth-order valence-corrected chi connectivity index (χ4v) is 3.25. The highest BCUT2D eigenvalue weighted by Gasteiger charge is 2.17. The molecule has 0 saturated heterocycles. The van der Waals surface area contributed by atoms with E-state index in [0.29, 0.717) is 6.54 Å². The van der Waals surface area contributed by atoms with Crippen LogP contribution in [0.4, 0.5) is 0 Å². The predicted molar refractivity (Wildman–Crippen MR) is 96.8 cm³/mol. The number of benzene rings is 1. The summed E-state index contributed by atoms with van der Waals surface area (Å²) in [7, 11) is 3.91. The molecule has 24 heavy (non-hydrogen) atoms. The second kappa shape index (κ2) is 7.42. The van der Waals surface area contributed by atoms with Gasteiger partial charge in [-0.05, 0) is 44.4 Å². The molecule has 1 amide bonds.